The van der Waals surface area contributed by atoms with E-state index in [1.54, 1.807) is 23.1 Å². The molecule has 0 bridgehead atoms. The summed E-state index contributed by atoms with van der Waals surface area (Å²) in [7, 11) is -2.07. The second kappa shape index (κ2) is 6.37. The summed E-state index contributed by atoms with van der Waals surface area (Å²) in [5.74, 6) is 0.0295. The summed E-state index contributed by atoms with van der Waals surface area (Å²) in [6.07, 6.45) is 1.01. The third-order valence-electron chi connectivity index (χ3n) is 4.30. The van der Waals surface area contributed by atoms with Gasteiger partial charge in [-0.05, 0) is 49.7 Å². The Morgan fingerprint density at radius 2 is 1.88 bits per heavy atom. The summed E-state index contributed by atoms with van der Waals surface area (Å²) in [5, 5.41) is 0. The van der Waals surface area contributed by atoms with Gasteiger partial charge in [0.1, 0.15) is 0 Å². The molecular weight excluding hydrogens is 324 g/mol. The van der Waals surface area contributed by atoms with Gasteiger partial charge in [0.05, 0.1) is 11.3 Å². The normalized spacial score (nSPS) is 13.8. The van der Waals surface area contributed by atoms with E-state index in [0.29, 0.717) is 19.4 Å². The van der Waals surface area contributed by atoms with Gasteiger partial charge in [-0.2, -0.15) is 0 Å². The molecule has 24 heavy (non-hydrogen) atoms. The summed E-state index contributed by atoms with van der Waals surface area (Å²) < 4.78 is 26.1. The third kappa shape index (κ3) is 3.20. The zero-order valence-electron chi connectivity index (χ0n) is 13.7. The highest BCUT2D eigenvalue weighted by Gasteiger charge is 2.26. The minimum Gasteiger partial charge on any atom is -0.312 e. The molecule has 0 saturated carbocycles. The fraction of sp³-hybridized carbons (Fsp3) is 0.278. The highest BCUT2D eigenvalue weighted by Crippen LogP contribution is 2.30. The van der Waals surface area contributed by atoms with E-state index in [1.165, 1.54) is 7.05 Å². The second-order valence-electron chi connectivity index (χ2n) is 5.96. The molecule has 0 unspecified atom stereocenters. The minimum atomic E-state index is -3.46. The summed E-state index contributed by atoms with van der Waals surface area (Å²) in [5.41, 5.74) is 3.84. The average molecular weight is 344 g/mol. The fourth-order valence-electron chi connectivity index (χ4n) is 2.90. The molecule has 1 heterocycles. The van der Waals surface area contributed by atoms with Crippen LogP contribution in [0.3, 0.4) is 0 Å². The molecule has 0 saturated heterocycles. The number of carbonyl (C=O) groups is 1. The van der Waals surface area contributed by atoms with Gasteiger partial charge >= 0.3 is 0 Å². The smallest absolute Gasteiger partial charge is 0.240 e. The van der Waals surface area contributed by atoms with Crippen LogP contribution < -0.4 is 9.62 Å². The molecule has 126 valence electrons. The molecule has 1 aliphatic heterocycles. The molecular formula is C18H20N2O3S. The van der Waals surface area contributed by atoms with Crippen LogP contribution in [0.25, 0.3) is 0 Å². The third-order valence-corrected chi connectivity index (χ3v) is 5.71. The molecule has 3 rings (SSSR count). The Hall–Kier alpha value is -2.18. The second-order valence-corrected chi connectivity index (χ2v) is 7.84. The lowest BCUT2D eigenvalue weighted by molar-refractivity contribution is -0.117. The van der Waals surface area contributed by atoms with Crippen molar-refractivity contribution in [2.45, 2.75) is 24.7 Å². The molecule has 2 aromatic rings. The lowest BCUT2D eigenvalue weighted by Gasteiger charge is -2.18. The van der Waals surface area contributed by atoms with Gasteiger partial charge in [-0.3, -0.25) is 4.79 Å². The van der Waals surface area contributed by atoms with Crippen molar-refractivity contribution in [2.24, 2.45) is 0 Å². The summed E-state index contributed by atoms with van der Waals surface area (Å²) >= 11 is 0. The van der Waals surface area contributed by atoms with Crippen LogP contribution in [0.1, 0.15) is 16.7 Å². The molecule has 0 atom stereocenters. The number of benzene rings is 2. The van der Waals surface area contributed by atoms with Crippen LogP contribution in [0.5, 0.6) is 0 Å². The number of sulfonamides is 1. The molecule has 1 aliphatic rings. The Bertz CT molecular complexity index is 874. The van der Waals surface area contributed by atoms with Crippen LogP contribution in [0.2, 0.25) is 0 Å². The van der Waals surface area contributed by atoms with Crippen LogP contribution in [-0.2, 0) is 27.7 Å². The first-order valence-corrected chi connectivity index (χ1v) is 9.31. The molecule has 0 spiro atoms. The van der Waals surface area contributed by atoms with Crippen LogP contribution in [-0.4, -0.2) is 27.9 Å². The van der Waals surface area contributed by atoms with E-state index in [0.717, 1.165) is 22.4 Å². The zero-order chi connectivity index (χ0) is 17.3. The SMILES string of the molecule is CNS(=O)(=O)c1ccc2c(c1)CCN2C(=O)Cc1ccc(C)cc1. The molecule has 6 heteroatoms. The summed E-state index contributed by atoms with van der Waals surface area (Å²) in [6, 6.07) is 12.8. The number of fused-ring (bicyclic) bond motifs is 1. The van der Waals surface area contributed by atoms with E-state index in [1.807, 2.05) is 31.2 Å². The van der Waals surface area contributed by atoms with Gasteiger partial charge < -0.3 is 4.90 Å². The Kier molecular flexibility index (Phi) is 4.43. The van der Waals surface area contributed by atoms with Crippen LogP contribution in [0.15, 0.2) is 47.4 Å². The Balaban J connectivity index is 1.81. The first-order chi connectivity index (χ1) is 11.4. The number of hydrogen-bond donors (Lipinski definition) is 1. The number of nitrogens with zero attached hydrogens (tertiary/aromatic N) is 1. The quantitative estimate of drug-likeness (QED) is 0.923. The Labute approximate surface area is 142 Å². The van der Waals surface area contributed by atoms with Crippen LogP contribution in [0, 0.1) is 6.92 Å². The van der Waals surface area contributed by atoms with Crippen LogP contribution in [0.4, 0.5) is 5.69 Å². The van der Waals surface area contributed by atoms with E-state index in [-0.39, 0.29) is 10.8 Å². The highest BCUT2D eigenvalue weighted by atomic mass is 32.2. The van der Waals surface area contributed by atoms with Crippen LogP contribution >= 0.6 is 0 Å². The van der Waals surface area contributed by atoms with E-state index in [9.17, 15) is 13.2 Å². The van der Waals surface area contributed by atoms with Crippen molar-refractivity contribution in [3.05, 3.63) is 59.2 Å². The number of aryl methyl sites for hydroxylation is 1. The maximum Gasteiger partial charge on any atom is 0.240 e. The molecule has 0 fully saturated rings. The number of carbonyl (C=O) groups excluding carboxylic acids is 1. The maximum absolute atomic E-state index is 12.6. The number of amides is 1. The van der Waals surface area contributed by atoms with Crippen molar-refractivity contribution in [3.63, 3.8) is 0 Å². The predicted octanol–water partition coefficient (Wildman–Crippen LogP) is 2.03. The maximum atomic E-state index is 12.6. The number of anilines is 1. The van der Waals surface area contributed by atoms with Gasteiger partial charge in [-0.1, -0.05) is 29.8 Å². The van der Waals surface area contributed by atoms with Gasteiger partial charge in [0.15, 0.2) is 0 Å². The predicted molar refractivity (Wildman–Crippen MR) is 93.6 cm³/mol. The van der Waals surface area contributed by atoms with Crippen molar-refractivity contribution in [3.8, 4) is 0 Å². The molecule has 1 N–H and O–H groups in total. The molecule has 5 nitrogen and oxygen atoms in total. The Morgan fingerprint density at radius 3 is 2.54 bits per heavy atom. The molecule has 1 amide bonds. The van der Waals surface area contributed by atoms with Gasteiger partial charge in [0.25, 0.3) is 0 Å². The lowest BCUT2D eigenvalue weighted by atomic mass is 10.1. The van der Waals surface area contributed by atoms with Crippen molar-refractivity contribution < 1.29 is 13.2 Å². The minimum absolute atomic E-state index is 0.0295. The molecule has 0 aromatic heterocycles. The topological polar surface area (TPSA) is 66.5 Å². The van der Waals surface area contributed by atoms with Gasteiger partial charge in [0.2, 0.25) is 15.9 Å². The highest BCUT2D eigenvalue weighted by molar-refractivity contribution is 7.89. The average Bonchev–Trinajstić information content (AvgIpc) is 3.00. The van der Waals surface area contributed by atoms with Gasteiger partial charge in [-0.15, -0.1) is 0 Å². The van der Waals surface area contributed by atoms with E-state index >= 15 is 0 Å². The molecule has 0 aliphatic carbocycles. The van der Waals surface area contributed by atoms with Crippen molar-refractivity contribution >= 4 is 21.6 Å². The monoisotopic (exact) mass is 344 g/mol. The first kappa shape index (κ1) is 16.7. The van der Waals surface area contributed by atoms with Crippen molar-refractivity contribution in [1.29, 1.82) is 0 Å². The molecule has 2 aromatic carbocycles. The standard InChI is InChI=1S/C18H20N2O3S/c1-13-3-5-14(6-4-13)11-18(21)20-10-9-15-12-16(7-8-17(15)20)24(22,23)19-2/h3-8,12,19H,9-11H2,1-2H3. The zero-order valence-corrected chi connectivity index (χ0v) is 14.6. The molecule has 0 radical (unpaired) electrons. The number of nitrogens with one attached hydrogen (secondary N) is 1. The summed E-state index contributed by atoms with van der Waals surface area (Å²) in [4.78, 5) is 14.6. The van der Waals surface area contributed by atoms with E-state index < -0.39 is 10.0 Å². The van der Waals surface area contributed by atoms with Gasteiger partial charge in [0, 0.05) is 12.2 Å². The number of hydrogen-bond acceptors (Lipinski definition) is 3. The van der Waals surface area contributed by atoms with E-state index in [4.69, 9.17) is 0 Å². The lowest BCUT2D eigenvalue weighted by Crippen LogP contribution is -2.30. The number of rotatable bonds is 4. The largest absolute Gasteiger partial charge is 0.312 e. The van der Waals surface area contributed by atoms with Crippen molar-refractivity contribution in [1.82, 2.24) is 4.72 Å². The fourth-order valence-corrected chi connectivity index (χ4v) is 3.68. The van der Waals surface area contributed by atoms with Gasteiger partial charge in [-0.25, -0.2) is 13.1 Å². The van der Waals surface area contributed by atoms with E-state index in [2.05, 4.69) is 4.72 Å². The Morgan fingerprint density at radius 1 is 1.17 bits per heavy atom. The van der Waals surface area contributed by atoms with Crippen molar-refractivity contribution in [2.75, 3.05) is 18.5 Å². The summed E-state index contributed by atoms with van der Waals surface area (Å²) in [6.45, 7) is 2.60. The first-order valence-electron chi connectivity index (χ1n) is 7.83.